The van der Waals surface area contributed by atoms with Crippen molar-refractivity contribution in [3.05, 3.63) is 23.8 Å². The van der Waals surface area contributed by atoms with E-state index >= 15 is 0 Å². The maximum atomic E-state index is 12.5. The van der Waals surface area contributed by atoms with E-state index < -0.39 is 5.41 Å². The van der Waals surface area contributed by atoms with Gasteiger partial charge in [0.1, 0.15) is 0 Å². The number of halogens is 1. The summed E-state index contributed by atoms with van der Waals surface area (Å²) in [5.41, 5.74) is 7.70. The van der Waals surface area contributed by atoms with E-state index in [0.717, 1.165) is 30.5 Å². The molecule has 140 valence electrons. The highest BCUT2D eigenvalue weighted by atomic mass is 35.5. The van der Waals surface area contributed by atoms with E-state index in [1.807, 2.05) is 45.9 Å². The van der Waals surface area contributed by atoms with E-state index in [2.05, 4.69) is 10.6 Å². The second-order valence-electron chi connectivity index (χ2n) is 7.76. The molecule has 4 N–H and O–H groups in total. The number of amides is 2. The van der Waals surface area contributed by atoms with Crippen molar-refractivity contribution in [2.75, 3.05) is 17.2 Å². The Morgan fingerprint density at radius 1 is 1.20 bits per heavy atom. The third kappa shape index (κ3) is 5.44. The van der Waals surface area contributed by atoms with Gasteiger partial charge in [0, 0.05) is 22.7 Å². The molecule has 2 amide bonds. The Morgan fingerprint density at radius 2 is 1.88 bits per heavy atom. The first-order valence-electron chi connectivity index (χ1n) is 8.65. The molecule has 0 heterocycles. The quantitative estimate of drug-likeness (QED) is 0.758. The van der Waals surface area contributed by atoms with E-state index in [1.165, 1.54) is 0 Å². The van der Waals surface area contributed by atoms with Crippen LogP contribution in [0.15, 0.2) is 18.2 Å². The zero-order chi connectivity index (χ0) is 17.9. The number of hydrogen-bond acceptors (Lipinski definition) is 3. The van der Waals surface area contributed by atoms with Crippen molar-refractivity contribution in [1.82, 2.24) is 0 Å². The number of aryl methyl sites for hydroxylation is 1. The largest absolute Gasteiger partial charge is 0.330 e. The van der Waals surface area contributed by atoms with Gasteiger partial charge in [0.2, 0.25) is 11.8 Å². The van der Waals surface area contributed by atoms with E-state index in [-0.39, 0.29) is 36.1 Å². The first-order chi connectivity index (χ1) is 11.2. The lowest BCUT2D eigenvalue weighted by Gasteiger charge is -2.20. The molecular formula is C19H30ClN3O2. The molecule has 1 saturated carbocycles. The third-order valence-corrected chi connectivity index (χ3v) is 4.73. The molecule has 6 heteroatoms. The molecule has 1 aliphatic carbocycles. The minimum atomic E-state index is -0.468. The minimum Gasteiger partial charge on any atom is -0.330 e. The Hall–Kier alpha value is -1.59. The summed E-state index contributed by atoms with van der Waals surface area (Å²) in [7, 11) is 0. The lowest BCUT2D eigenvalue weighted by atomic mass is 9.95. The van der Waals surface area contributed by atoms with Crippen LogP contribution >= 0.6 is 12.4 Å². The fourth-order valence-electron chi connectivity index (χ4n) is 3.04. The molecule has 0 aromatic heterocycles. The van der Waals surface area contributed by atoms with Crippen LogP contribution < -0.4 is 16.4 Å². The summed E-state index contributed by atoms with van der Waals surface area (Å²) in [6.45, 7) is 8.10. The summed E-state index contributed by atoms with van der Waals surface area (Å²) in [5, 5.41) is 5.93. The highest BCUT2D eigenvalue weighted by molar-refractivity contribution is 5.97. The van der Waals surface area contributed by atoms with Crippen LogP contribution in [-0.4, -0.2) is 18.4 Å². The summed E-state index contributed by atoms with van der Waals surface area (Å²) >= 11 is 0. The average Bonchev–Trinajstić information content (AvgIpc) is 2.98. The van der Waals surface area contributed by atoms with Gasteiger partial charge in [0.05, 0.1) is 0 Å². The molecule has 1 aliphatic rings. The number of hydrogen-bond donors (Lipinski definition) is 3. The zero-order valence-corrected chi connectivity index (χ0v) is 16.3. The lowest BCUT2D eigenvalue weighted by Crippen LogP contribution is -2.30. The molecule has 1 aromatic carbocycles. The first kappa shape index (κ1) is 21.5. The SMILES string of the molecule is Cc1ccc(NC(=O)[C@@H]2CCC[C@@H]2CN)cc1NC(=O)C(C)(C)C.Cl. The summed E-state index contributed by atoms with van der Waals surface area (Å²) in [6, 6.07) is 5.60. The molecule has 0 aliphatic heterocycles. The van der Waals surface area contributed by atoms with Gasteiger partial charge in [0.15, 0.2) is 0 Å². The van der Waals surface area contributed by atoms with Crippen LogP contribution in [0.4, 0.5) is 11.4 Å². The number of nitrogens with one attached hydrogen (secondary N) is 2. The molecule has 1 fully saturated rings. The lowest BCUT2D eigenvalue weighted by molar-refractivity contribution is -0.123. The second kappa shape index (κ2) is 8.68. The molecular weight excluding hydrogens is 338 g/mol. The number of carbonyl (C=O) groups excluding carboxylic acids is 2. The molecule has 1 aromatic rings. The highest BCUT2D eigenvalue weighted by Crippen LogP contribution is 2.32. The molecule has 2 atom stereocenters. The van der Waals surface area contributed by atoms with Gasteiger partial charge < -0.3 is 16.4 Å². The van der Waals surface area contributed by atoms with Gasteiger partial charge >= 0.3 is 0 Å². The number of nitrogens with two attached hydrogens (primary N) is 1. The maximum absolute atomic E-state index is 12.5. The monoisotopic (exact) mass is 367 g/mol. The van der Waals surface area contributed by atoms with Crippen LogP contribution in [0.2, 0.25) is 0 Å². The fourth-order valence-corrected chi connectivity index (χ4v) is 3.04. The van der Waals surface area contributed by atoms with Crippen molar-refractivity contribution in [2.24, 2.45) is 23.0 Å². The number of benzene rings is 1. The normalized spacial score (nSPS) is 19.9. The Balaban J connectivity index is 0.00000312. The van der Waals surface area contributed by atoms with Gasteiger partial charge in [-0.05, 0) is 49.9 Å². The van der Waals surface area contributed by atoms with Crippen molar-refractivity contribution in [3.8, 4) is 0 Å². The van der Waals surface area contributed by atoms with Gasteiger partial charge in [-0.1, -0.05) is 33.3 Å². The topological polar surface area (TPSA) is 84.2 Å². The Bertz CT molecular complexity index is 626. The summed E-state index contributed by atoms with van der Waals surface area (Å²) in [6.07, 6.45) is 2.98. The predicted molar refractivity (Wildman–Crippen MR) is 105 cm³/mol. The fraction of sp³-hybridized carbons (Fsp3) is 0.579. The molecule has 0 bridgehead atoms. The van der Waals surface area contributed by atoms with Crippen LogP contribution in [0.25, 0.3) is 0 Å². The van der Waals surface area contributed by atoms with Crippen LogP contribution in [0.1, 0.15) is 45.6 Å². The standard InChI is InChI=1S/C19H29N3O2.ClH/c1-12-8-9-14(10-16(12)22-18(24)19(2,3)4)21-17(23)15-7-5-6-13(15)11-20;/h8-10,13,15H,5-7,11,20H2,1-4H3,(H,21,23)(H,22,24);1H/t13-,15-;/m1./s1. The van der Waals surface area contributed by atoms with Gasteiger partial charge in [-0.2, -0.15) is 0 Å². The van der Waals surface area contributed by atoms with E-state index in [1.54, 1.807) is 0 Å². The molecule has 0 radical (unpaired) electrons. The Labute approximate surface area is 156 Å². The highest BCUT2D eigenvalue weighted by Gasteiger charge is 2.32. The van der Waals surface area contributed by atoms with Crippen LogP contribution in [-0.2, 0) is 9.59 Å². The van der Waals surface area contributed by atoms with Crippen molar-refractivity contribution >= 4 is 35.6 Å². The van der Waals surface area contributed by atoms with Crippen molar-refractivity contribution < 1.29 is 9.59 Å². The van der Waals surface area contributed by atoms with Gasteiger partial charge in [-0.25, -0.2) is 0 Å². The second-order valence-corrected chi connectivity index (χ2v) is 7.76. The van der Waals surface area contributed by atoms with Crippen molar-refractivity contribution in [3.63, 3.8) is 0 Å². The van der Waals surface area contributed by atoms with Crippen LogP contribution in [0.3, 0.4) is 0 Å². The molecule has 2 rings (SSSR count). The summed E-state index contributed by atoms with van der Waals surface area (Å²) in [4.78, 5) is 24.7. The minimum absolute atomic E-state index is 0. The predicted octanol–water partition coefficient (Wildman–Crippen LogP) is 3.71. The summed E-state index contributed by atoms with van der Waals surface area (Å²) < 4.78 is 0. The number of anilines is 2. The molecule has 5 nitrogen and oxygen atoms in total. The molecule has 0 unspecified atom stereocenters. The smallest absolute Gasteiger partial charge is 0.229 e. The molecule has 0 saturated heterocycles. The average molecular weight is 368 g/mol. The van der Waals surface area contributed by atoms with Gasteiger partial charge in [-0.3, -0.25) is 9.59 Å². The van der Waals surface area contributed by atoms with Gasteiger partial charge in [0.25, 0.3) is 0 Å². The van der Waals surface area contributed by atoms with Gasteiger partial charge in [-0.15, -0.1) is 12.4 Å². The maximum Gasteiger partial charge on any atom is 0.229 e. The summed E-state index contributed by atoms with van der Waals surface area (Å²) in [5.74, 6) is 0.243. The van der Waals surface area contributed by atoms with Crippen molar-refractivity contribution in [1.29, 1.82) is 0 Å². The van der Waals surface area contributed by atoms with E-state index in [9.17, 15) is 9.59 Å². The Kier molecular flexibility index (Phi) is 7.44. The molecule has 25 heavy (non-hydrogen) atoms. The van der Waals surface area contributed by atoms with E-state index in [0.29, 0.717) is 12.2 Å². The van der Waals surface area contributed by atoms with Crippen molar-refractivity contribution in [2.45, 2.75) is 47.0 Å². The van der Waals surface area contributed by atoms with Crippen LogP contribution in [0, 0.1) is 24.2 Å². The van der Waals surface area contributed by atoms with E-state index in [4.69, 9.17) is 5.73 Å². The third-order valence-electron chi connectivity index (χ3n) is 4.73. The Morgan fingerprint density at radius 3 is 2.48 bits per heavy atom. The number of carbonyl (C=O) groups is 2. The van der Waals surface area contributed by atoms with Crippen LogP contribution in [0.5, 0.6) is 0 Å². The first-order valence-corrected chi connectivity index (χ1v) is 8.65. The zero-order valence-electron chi connectivity index (χ0n) is 15.5. The molecule has 0 spiro atoms. The number of rotatable bonds is 4.